The molecule has 0 saturated heterocycles. The van der Waals surface area contributed by atoms with E-state index in [4.69, 9.17) is 21.1 Å². The van der Waals surface area contributed by atoms with Crippen LogP contribution in [0.15, 0.2) is 12.1 Å². The number of benzene rings is 1. The van der Waals surface area contributed by atoms with Gasteiger partial charge in [-0.3, -0.25) is 9.59 Å². The van der Waals surface area contributed by atoms with Crippen LogP contribution in [0, 0.1) is 6.92 Å². The van der Waals surface area contributed by atoms with Crippen molar-refractivity contribution in [1.82, 2.24) is 0 Å². The minimum Gasteiger partial charge on any atom is -0.426 e. The van der Waals surface area contributed by atoms with Crippen molar-refractivity contribution in [2.24, 2.45) is 0 Å². The van der Waals surface area contributed by atoms with Gasteiger partial charge in [-0.05, 0) is 19.1 Å². The zero-order valence-corrected chi connectivity index (χ0v) is 9.92. The number of halogens is 1. The maximum atomic E-state index is 10.8. The molecule has 0 spiro atoms. The summed E-state index contributed by atoms with van der Waals surface area (Å²) in [5.74, 6) is -0.281. The molecule has 1 aromatic carbocycles. The third kappa shape index (κ3) is 2.97. The lowest BCUT2D eigenvalue weighted by atomic mass is 10.2. The van der Waals surface area contributed by atoms with Crippen molar-refractivity contribution in [3.05, 3.63) is 22.7 Å². The van der Waals surface area contributed by atoms with Crippen molar-refractivity contribution in [1.29, 1.82) is 0 Å². The number of hydrogen-bond donors (Lipinski definition) is 0. The van der Waals surface area contributed by atoms with Gasteiger partial charge < -0.3 is 9.47 Å². The van der Waals surface area contributed by atoms with Gasteiger partial charge in [0.2, 0.25) is 0 Å². The first-order valence-corrected chi connectivity index (χ1v) is 4.95. The molecule has 0 atom stereocenters. The van der Waals surface area contributed by atoms with Crippen LogP contribution in [0.3, 0.4) is 0 Å². The van der Waals surface area contributed by atoms with E-state index >= 15 is 0 Å². The Bertz CT molecular complexity index is 399. The van der Waals surface area contributed by atoms with Crippen LogP contribution in [0.2, 0.25) is 5.02 Å². The second-order valence-corrected chi connectivity index (χ2v) is 3.57. The highest BCUT2D eigenvalue weighted by Gasteiger charge is 2.12. The van der Waals surface area contributed by atoms with E-state index in [-0.39, 0.29) is 10.8 Å². The molecule has 86 valence electrons. The monoisotopic (exact) mass is 242 g/mol. The Morgan fingerprint density at radius 1 is 1.06 bits per heavy atom. The summed E-state index contributed by atoms with van der Waals surface area (Å²) in [7, 11) is 0. The zero-order valence-electron chi connectivity index (χ0n) is 9.17. The first kappa shape index (κ1) is 12.5. The number of carbonyl (C=O) groups is 2. The van der Waals surface area contributed by atoms with Gasteiger partial charge in [0.05, 0.1) is 5.02 Å². The quantitative estimate of drug-likeness (QED) is 0.591. The van der Waals surface area contributed by atoms with Gasteiger partial charge in [-0.2, -0.15) is 0 Å². The predicted molar refractivity (Wildman–Crippen MR) is 58.8 cm³/mol. The molecule has 1 rings (SSSR count). The Morgan fingerprint density at radius 2 is 1.50 bits per heavy atom. The molecular formula is C11H11ClO4. The maximum absolute atomic E-state index is 10.8. The van der Waals surface area contributed by atoms with Crippen molar-refractivity contribution >= 4 is 23.5 Å². The lowest BCUT2D eigenvalue weighted by Gasteiger charge is -2.10. The summed E-state index contributed by atoms with van der Waals surface area (Å²) >= 11 is 5.96. The normalized spacial score (nSPS) is 9.75. The molecule has 1 aromatic rings. The van der Waals surface area contributed by atoms with Gasteiger partial charge in [-0.1, -0.05) is 11.6 Å². The van der Waals surface area contributed by atoms with Crippen molar-refractivity contribution < 1.29 is 19.1 Å². The Morgan fingerprint density at radius 3 is 2.00 bits per heavy atom. The van der Waals surface area contributed by atoms with E-state index in [9.17, 15) is 9.59 Å². The Balaban J connectivity index is 3.07. The highest BCUT2D eigenvalue weighted by molar-refractivity contribution is 6.33. The fraction of sp³-hybridized carbons (Fsp3) is 0.273. The highest BCUT2D eigenvalue weighted by atomic mass is 35.5. The molecule has 4 nitrogen and oxygen atoms in total. The fourth-order valence-corrected chi connectivity index (χ4v) is 1.34. The summed E-state index contributed by atoms with van der Waals surface area (Å²) < 4.78 is 9.80. The minimum atomic E-state index is -0.457. The van der Waals surface area contributed by atoms with Gasteiger partial charge in [0, 0.05) is 19.4 Å². The van der Waals surface area contributed by atoms with Crippen molar-refractivity contribution in [2.45, 2.75) is 20.8 Å². The second-order valence-electron chi connectivity index (χ2n) is 3.19. The molecule has 0 aliphatic rings. The van der Waals surface area contributed by atoms with Crippen LogP contribution in [0.5, 0.6) is 11.5 Å². The third-order valence-corrected chi connectivity index (χ3v) is 2.28. The Hall–Kier alpha value is -1.55. The summed E-state index contributed by atoms with van der Waals surface area (Å²) in [6.07, 6.45) is 0. The third-order valence-electron chi connectivity index (χ3n) is 1.81. The van der Waals surface area contributed by atoms with Crippen molar-refractivity contribution in [3.8, 4) is 11.5 Å². The average Bonchev–Trinajstić information content (AvgIpc) is 2.16. The van der Waals surface area contributed by atoms with Crippen LogP contribution < -0.4 is 9.47 Å². The van der Waals surface area contributed by atoms with Gasteiger partial charge >= 0.3 is 11.9 Å². The van der Waals surface area contributed by atoms with Crippen LogP contribution >= 0.6 is 11.6 Å². The number of esters is 2. The average molecular weight is 243 g/mol. The molecule has 0 N–H and O–H groups in total. The van der Waals surface area contributed by atoms with Crippen LogP contribution in [0.1, 0.15) is 19.4 Å². The molecule has 0 amide bonds. The predicted octanol–water partition coefficient (Wildman–Crippen LogP) is 2.50. The highest BCUT2D eigenvalue weighted by Crippen LogP contribution is 2.34. The van der Waals surface area contributed by atoms with E-state index in [1.54, 1.807) is 6.92 Å². The van der Waals surface area contributed by atoms with Crippen molar-refractivity contribution in [2.75, 3.05) is 0 Å². The van der Waals surface area contributed by atoms with Crippen LogP contribution in [0.4, 0.5) is 0 Å². The molecule has 0 saturated carbocycles. The molecular weight excluding hydrogens is 232 g/mol. The largest absolute Gasteiger partial charge is 0.426 e. The molecule has 16 heavy (non-hydrogen) atoms. The Kier molecular flexibility index (Phi) is 3.90. The van der Waals surface area contributed by atoms with E-state index in [1.807, 2.05) is 0 Å². The molecule has 0 unspecified atom stereocenters. The molecule has 0 aromatic heterocycles. The van der Waals surface area contributed by atoms with Gasteiger partial charge in [-0.15, -0.1) is 0 Å². The van der Waals surface area contributed by atoms with E-state index in [2.05, 4.69) is 0 Å². The van der Waals surface area contributed by atoms with Gasteiger partial charge in [0.15, 0.2) is 0 Å². The van der Waals surface area contributed by atoms with Crippen LogP contribution in [-0.2, 0) is 9.59 Å². The molecule has 0 radical (unpaired) electrons. The SMILES string of the molecule is CC(=O)Oc1ccc(OC(C)=O)c(Cl)c1C. The number of carbonyl (C=O) groups excluding carboxylic acids is 2. The molecule has 0 heterocycles. The first-order valence-electron chi connectivity index (χ1n) is 4.57. The smallest absolute Gasteiger partial charge is 0.308 e. The summed E-state index contributed by atoms with van der Waals surface area (Å²) in [5, 5.41) is 0.258. The fourth-order valence-electron chi connectivity index (χ4n) is 1.14. The number of ether oxygens (including phenoxy) is 2. The lowest BCUT2D eigenvalue weighted by Crippen LogP contribution is -2.05. The summed E-state index contributed by atoms with van der Waals surface area (Å²) in [6.45, 7) is 4.26. The standard InChI is InChI=1S/C11H11ClO4/c1-6-9(15-7(2)13)4-5-10(11(6)12)16-8(3)14/h4-5H,1-3H3. The van der Waals surface area contributed by atoms with Gasteiger partial charge in [-0.25, -0.2) is 0 Å². The van der Waals surface area contributed by atoms with Crippen LogP contribution in [-0.4, -0.2) is 11.9 Å². The Labute approximate surface area is 98.1 Å². The van der Waals surface area contributed by atoms with E-state index in [0.29, 0.717) is 11.3 Å². The lowest BCUT2D eigenvalue weighted by molar-refractivity contribution is -0.133. The summed E-state index contributed by atoms with van der Waals surface area (Å²) in [6, 6.07) is 3.01. The molecule has 5 heteroatoms. The number of rotatable bonds is 2. The zero-order chi connectivity index (χ0) is 12.3. The van der Waals surface area contributed by atoms with E-state index in [0.717, 1.165) is 0 Å². The van der Waals surface area contributed by atoms with Crippen molar-refractivity contribution in [3.63, 3.8) is 0 Å². The number of hydrogen-bond acceptors (Lipinski definition) is 4. The molecule has 0 fully saturated rings. The molecule has 0 aliphatic carbocycles. The topological polar surface area (TPSA) is 52.6 Å². The minimum absolute atomic E-state index is 0.252. The first-order chi connectivity index (χ1) is 7.41. The molecule has 0 bridgehead atoms. The van der Waals surface area contributed by atoms with Crippen LogP contribution in [0.25, 0.3) is 0 Å². The van der Waals surface area contributed by atoms with E-state index in [1.165, 1.54) is 26.0 Å². The summed E-state index contributed by atoms with van der Waals surface area (Å²) in [5.41, 5.74) is 0.551. The second kappa shape index (κ2) is 4.99. The molecule has 0 aliphatic heterocycles. The summed E-state index contributed by atoms with van der Waals surface area (Å²) in [4.78, 5) is 21.6. The van der Waals surface area contributed by atoms with Gasteiger partial charge in [0.1, 0.15) is 11.5 Å². The van der Waals surface area contributed by atoms with Gasteiger partial charge in [0.25, 0.3) is 0 Å². The maximum Gasteiger partial charge on any atom is 0.308 e. The van der Waals surface area contributed by atoms with E-state index < -0.39 is 11.9 Å².